The minimum atomic E-state index is -4.76. The molecule has 0 spiro atoms. The van der Waals surface area contributed by atoms with E-state index in [0.717, 1.165) is 54.3 Å². The van der Waals surface area contributed by atoms with Crippen LogP contribution in [0.15, 0.2) is 75.1 Å². The van der Waals surface area contributed by atoms with Gasteiger partial charge in [0.2, 0.25) is 26.0 Å². The van der Waals surface area contributed by atoms with Gasteiger partial charge in [0, 0.05) is 18.8 Å². The van der Waals surface area contributed by atoms with Crippen LogP contribution in [0.5, 0.6) is 0 Å². The Hall–Kier alpha value is -2.91. The van der Waals surface area contributed by atoms with E-state index >= 15 is 0 Å². The summed E-state index contributed by atoms with van der Waals surface area (Å²) >= 11 is 5.63. The van der Waals surface area contributed by atoms with Gasteiger partial charge in [-0.15, -0.1) is 0 Å². The molecule has 41 heavy (non-hydrogen) atoms. The molecule has 1 aromatic heterocycles. The van der Waals surface area contributed by atoms with E-state index in [1.807, 2.05) is 0 Å². The summed E-state index contributed by atoms with van der Waals surface area (Å²) in [5.74, 6) is -0.719. The Bertz CT molecular complexity index is 1570. The molecule has 1 saturated heterocycles. The molecule has 1 amide bonds. The summed E-state index contributed by atoms with van der Waals surface area (Å²) < 4.78 is 100. The van der Waals surface area contributed by atoms with Gasteiger partial charge in [0.05, 0.1) is 39.7 Å². The number of halogens is 4. The number of benzene rings is 2. The molecule has 0 unspecified atom stereocenters. The molecule has 2 heterocycles. The van der Waals surface area contributed by atoms with Crippen LogP contribution in [0, 0.1) is 0 Å². The van der Waals surface area contributed by atoms with Crippen molar-refractivity contribution < 1.29 is 39.2 Å². The zero-order chi connectivity index (χ0) is 29.8. The number of carbonyl (C=O) groups is 1. The molecule has 222 valence electrons. The van der Waals surface area contributed by atoms with Gasteiger partial charge in [-0.2, -0.15) is 21.8 Å². The number of furan rings is 1. The number of hydrogen-bond acceptors (Lipinski definition) is 6. The predicted octanol–water partition coefficient (Wildman–Crippen LogP) is 5.35. The largest absolute Gasteiger partial charge is 0.468 e. The molecule has 4 rings (SSSR count). The van der Waals surface area contributed by atoms with Crippen molar-refractivity contribution in [1.82, 2.24) is 8.61 Å². The second kappa shape index (κ2) is 12.5. The van der Waals surface area contributed by atoms with Crippen molar-refractivity contribution in [3.8, 4) is 0 Å². The average Bonchev–Trinajstić information content (AvgIpc) is 3.27. The summed E-state index contributed by atoms with van der Waals surface area (Å²) in [5.41, 5.74) is -1.39. The van der Waals surface area contributed by atoms with E-state index in [2.05, 4.69) is 5.32 Å². The summed E-state index contributed by atoms with van der Waals surface area (Å²) in [6.07, 6.45) is -0.103. The molecule has 0 aliphatic carbocycles. The van der Waals surface area contributed by atoms with Gasteiger partial charge in [0.1, 0.15) is 5.76 Å². The molecule has 1 fully saturated rings. The molecule has 0 radical (unpaired) electrons. The monoisotopic (exact) mass is 633 g/mol. The lowest BCUT2D eigenvalue weighted by atomic mass is 10.2. The topological polar surface area (TPSA) is 117 Å². The maximum atomic E-state index is 13.6. The van der Waals surface area contributed by atoms with E-state index in [-0.39, 0.29) is 27.8 Å². The summed E-state index contributed by atoms with van der Waals surface area (Å²) in [5, 5.41) is 1.71. The second-order valence-corrected chi connectivity index (χ2v) is 13.7. The number of rotatable bonds is 9. The highest BCUT2D eigenvalue weighted by molar-refractivity contribution is 7.89. The Labute approximate surface area is 241 Å². The zero-order valence-electron chi connectivity index (χ0n) is 21.6. The SMILES string of the molecule is O=C(CN(Cc1ccco1)S(=O)(=O)c1ccc(S(=O)(=O)N2CCCCCC2)cc1)Nc1ccc(Cl)c(C(F)(F)F)c1. The minimum Gasteiger partial charge on any atom is -0.468 e. The number of alkyl halides is 3. The van der Waals surface area contributed by atoms with Gasteiger partial charge in [-0.3, -0.25) is 4.79 Å². The van der Waals surface area contributed by atoms with Gasteiger partial charge < -0.3 is 9.73 Å². The molecule has 1 aliphatic heterocycles. The van der Waals surface area contributed by atoms with Gasteiger partial charge in [0.15, 0.2) is 0 Å². The third-order valence-corrected chi connectivity index (χ3v) is 10.5. The lowest BCUT2D eigenvalue weighted by Crippen LogP contribution is -2.37. The van der Waals surface area contributed by atoms with Crippen molar-refractivity contribution in [2.75, 3.05) is 25.0 Å². The highest BCUT2D eigenvalue weighted by Crippen LogP contribution is 2.36. The Morgan fingerprint density at radius 2 is 1.59 bits per heavy atom. The lowest BCUT2D eigenvalue weighted by molar-refractivity contribution is -0.137. The Balaban J connectivity index is 1.57. The first-order chi connectivity index (χ1) is 19.3. The van der Waals surface area contributed by atoms with Crippen molar-refractivity contribution in [3.63, 3.8) is 0 Å². The van der Waals surface area contributed by atoms with E-state index in [4.69, 9.17) is 16.0 Å². The summed E-state index contributed by atoms with van der Waals surface area (Å²) in [6.45, 7) is -0.384. The molecule has 1 N–H and O–H groups in total. The van der Waals surface area contributed by atoms with Crippen LogP contribution in [0.3, 0.4) is 0 Å². The highest BCUT2D eigenvalue weighted by atomic mass is 35.5. The molecular formula is C26H27ClF3N3O6S2. The fourth-order valence-electron chi connectivity index (χ4n) is 4.35. The summed E-state index contributed by atoms with van der Waals surface area (Å²) in [4.78, 5) is 12.5. The van der Waals surface area contributed by atoms with Gasteiger partial charge in [-0.25, -0.2) is 16.8 Å². The van der Waals surface area contributed by atoms with Crippen molar-refractivity contribution in [3.05, 3.63) is 77.2 Å². The highest BCUT2D eigenvalue weighted by Gasteiger charge is 2.34. The number of anilines is 1. The van der Waals surface area contributed by atoms with Gasteiger partial charge in [0.25, 0.3) is 0 Å². The first-order valence-electron chi connectivity index (χ1n) is 12.6. The number of hydrogen-bond donors (Lipinski definition) is 1. The zero-order valence-corrected chi connectivity index (χ0v) is 24.0. The molecule has 0 saturated carbocycles. The molecule has 15 heteroatoms. The molecule has 2 aromatic carbocycles. The summed E-state index contributed by atoms with van der Waals surface area (Å²) in [6, 6.07) is 10.5. The first-order valence-corrected chi connectivity index (χ1v) is 15.8. The maximum absolute atomic E-state index is 13.6. The average molecular weight is 634 g/mol. The van der Waals surface area contributed by atoms with E-state index < -0.39 is 49.3 Å². The quantitative estimate of drug-likeness (QED) is 0.340. The smallest absolute Gasteiger partial charge is 0.417 e. The Morgan fingerprint density at radius 3 is 2.17 bits per heavy atom. The van der Waals surface area contributed by atoms with Crippen molar-refractivity contribution in [1.29, 1.82) is 0 Å². The van der Waals surface area contributed by atoms with Crippen LogP contribution in [-0.4, -0.2) is 51.0 Å². The van der Waals surface area contributed by atoms with Gasteiger partial charge >= 0.3 is 6.18 Å². The standard InChI is InChI=1S/C26H27ClF3N3O6S2/c27-24-12-7-19(16-23(24)26(28,29)30)31-25(34)18-33(17-20-6-5-15-39-20)41(37,38)22-10-8-21(9-11-22)40(35,36)32-13-3-1-2-4-14-32/h5-12,15-16H,1-4,13-14,17-18H2,(H,31,34). The molecule has 3 aromatic rings. The van der Waals surface area contributed by atoms with E-state index in [1.165, 1.54) is 34.8 Å². The van der Waals surface area contributed by atoms with Gasteiger partial charge in [-0.1, -0.05) is 24.4 Å². The number of amides is 1. The van der Waals surface area contributed by atoms with E-state index in [9.17, 15) is 34.8 Å². The number of nitrogens with one attached hydrogen (secondary N) is 1. The van der Waals surface area contributed by atoms with Crippen LogP contribution in [0.4, 0.5) is 18.9 Å². The third kappa shape index (κ3) is 7.49. The van der Waals surface area contributed by atoms with Gasteiger partial charge in [-0.05, 0) is 67.4 Å². The van der Waals surface area contributed by atoms with Crippen molar-refractivity contribution in [2.24, 2.45) is 0 Å². The molecular weight excluding hydrogens is 607 g/mol. The maximum Gasteiger partial charge on any atom is 0.417 e. The molecule has 0 atom stereocenters. The molecule has 1 aliphatic rings. The fraction of sp³-hybridized carbons (Fsp3) is 0.346. The molecule has 0 bridgehead atoms. The first kappa shape index (κ1) is 31.0. The van der Waals surface area contributed by atoms with Crippen molar-refractivity contribution in [2.45, 2.75) is 48.2 Å². The lowest BCUT2D eigenvalue weighted by Gasteiger charge is -2.22. The van der Waals surface area contributed by atoms with Crippen LogP contribution < -0.4 is 5.32 Å². The Kier molecular flexibility index (Phi) is 9.49. The summed E-state index contributed by atoms with van der Waals surface area (Å²) in [7, 11) is -8.22. The van der Waals surface area contributed by atoms with Crippen molar-refractivity contribution >= 4 is 43.2 Å². The minimum absolute atomic E-state index is 0.0584. The normalized spacial score (nSPS) is 15.5. The van der Waals surface area contributed by atoms with Crippen LogP contribution in [0.2, 0.25) is 5.02 Å². The predicted molar refractivity (Wildman–Crippen MR) is 145 cm³/mol. The molecule has 9 nitrogen and oxygen atoms in total. The fourth-order valence-corrected chi connectivity index (χ4v) is 7.45. The van der Waals surface area contributed by atoms with E-state index in [1.54, 1.807) is 0 Å². The van der Waals surface area contributed by atoms with Crippen LogP contribution in [-0.2, 0) is 37.6 Å². The van der Waals surface area contributed by atoms with Crippen LogP contribution >= 0.6 is 11.6 Å². The Morgan fingerprint density at radius 1 is 0.951 bits per heavy atom. The second-order valence-electron chi connectivity index (χ2n) is 9.38. The number of carbonyl (C=O) groups excluding carboxylic acids is 1. The number of nitrogens with zero attached hydrogens (tertiary/aromatic N) is 2. The van der Waals surface area contributed by atoms with Crippen LogP contribution in [0.1, 0.15) is 37.0 Å². The van der Waals surface area contributed by atoms with Crippen LogP contribution in [0.25, 0.3) is 0 Å². The van der Waals surface area contributed by atoms with E-state index in [0.29, 0.717) is 19.2 Å². The third-order valence-electron chi connectivity index (χ3n) is 6.45. The number of sulfonamides is 2.